The second kappa shape index (κ2) is 2.77. The zero-order valence-electron chi connectivity index (χ0n) is 6.63. The van der Waals surface area contributed by atoms with E-state index < -0.39 is 16.7 Å². The van der Waals surface area contributed by atoms with Crippen molar-refractivity contribution in [3.8, 4) is 0 Å². The summed E-state index contributed by atoms with van der Waals surface area (Å²) in [6, 6.07) is 0. The van der Waals surface area contributed by atoms with Crippen molar-refractivity contribution in [3.05, 3.63) is 35.8 Å². The molecule has 0 amide bonds. The van der Waals surface area contributed by atoms with Crippen molar-refractivity contribution in [1.82, 2.24) is 19.9 Å². The lowest BCUT2D eigenvalue weighted by Crippen LogP contribution is -2.31. The molecule has 0 saturated carbocycles. The van der Waals surface area contributed by atoms with Crippen LogP contribution in [0.2, 0.25) is 0 Å². The van der Waals surface area contributed by atoms with Crippen molar-refractivity contribution in [3.63, 3.8) is 0 Å². The molecule has 8 heteroatoms. The van der Waals surface area contributed by atoms with Gasteiger partial charge in [0, 0.05) is 0 Å². The Morgan fingerprint density at radius 3 is 2.14 bits per heavy atom. The first-order valence-corrected chi connectivity index (χ1v) is 3.97. The molecule has 0 aromatic carbocycles. The van der Waals surface area contributed by atoms with Gasteiger partial charge in [-0.1, -0.05) is 0 Å². The molecule has 0 atom stereocenters. The van der Waals surface area contributed by atoms with Crippen LogP contribution in [0.15, 0.2) is 14.4 Å². The van der Waals surface area contributed by atoms with Crippen LogP contribution in [-0.2, 0) is 0 Å². The molecule has 2 aromatic rings. The lowest BCUT2D eigenvalue weighted by molar-refractivity contribution is 1.05. The highest BCUT2D eigenvalue weighted by atomic mass is 32.1. The van der Waals surface area contributed by atoms with Crippen molar-refractivity contribution in [2.75, 3.05) is 0 Å². The quantitative estimate of drug-likeness (QED) is 0.330. The van der Waals surface area contributed by atoms with Gasteiger partial charge in [0.2, 0.25) is 0 Å². The molecular formula is C6H4N4O3S. The highest BCUT2D eigenvalue weighted by Crippen LogP contribution is 1.91. The van der Waals surface area contributed by atoms with E-state index in [2.05, 4.69) is 32.2 Å². The van der Waals surface area contributed by atoms with E-state index in [1.165, 1.54) is 0 Å². The Morgan fingerprint density at radius 1 is 0.786 bits per heavy atom. The van der Waals surface area contributed by atoms with Gasteiger partial charge in [-0.05, 0) is 12.2 Å². The third kappa shape index (κ3) is 1.21. The van der Waals surface area contributed by atoms with E-state index in [9.17, 15) is 14.4 Å². The Labute approximate surface area is 79.8 Å². The van der Waals surface area contributed by atoms with Gasteiger partial charge >= 0.3 is 11.1 Å². The zero-order valence-corrected chi connectivity index (χ0v) is 7.45. The number of hydrogen-bond donors (Lipinski definition) is 4. The lowest BCUT2D eigenvalue weighted by Gasteiger charge is -1.94. The normalized spacial score (nSPS) is 10.6. The highest BCUT2D eigenvalue weighted by Gasteiger charge is 2.02. The molecule has 0 aliphatic rings. The summed E-state index contributed by atoms with van der Waals surface area (Å²) in [6.45, 7) is 0. The fourth-order valence-electron chi connectivity index (χ4n) is 1.04. The average molecular weight is 212 g/mol. The van der Waals surface area contributed by atoms with Gasteiger partial charge in [0.15, 0.2) is 4.77 Å². The van der Waals surface area contributed by atoms with E-state index in [4.69, 9.17) is 0 Å². The number of nitrogens with one attached hydrogen (secondary N) is 4. The van der Waals surface area contributed by atoms with Crippen LogP contribution < -0.4 is 16.7 Å². The topological polar surface area (TPSA) is 114 Å². The summed E-state index contributed by atoms with van der Waals surface area (Å²) < 4.78 is 0.0743. The van der Waals surface area contributed by atoms with Crippen LogP contribution in [0.4, 0.5) is 0 Å². The Hall–Kier alpha value is -1.96. The van der Waals surface area contributed by atoms with Gasteiger partial charge in [0.1, 0.15) is 11.2 Å². The fraction of sp³-hybridized carbons (Fsp3) is 0. The minimum absolute atomic E-state index is 0.0387. The van der Waals surface area contributed by atoms with Gasteiger partial charge in [-0.2, -0.15) is 0 Å². The smallest absolute Gasteiger partial charge is 0.315 e. The Morgan fingerprint density at radius 2 is 1.43 bits per heavy atom. The molecule has 72 valence electrons. The number of rotatable bonds is 0. The molecule has 0 aliphatic carbocycles. The largest absolute Gasteiger partial charge is 0.317 e. The van der Waals surface area contributed by atoms with Crippen molar-refractivity contribution < 1.29 is 0 Å². The summed E-state index contributed by atoms with van der Waals surface area (Å²) in [6.07, 6.45) is 0. The SMILES string of the molecule is O=c1[nH]c2[nH]c(=S)[nH]c(=O)c2[nH]c1=O. The molecule has 7 nitrogen and oxygen atoms in total. The van der Waals surface area contributed by atoms with Crippen LogP contribution in [0, 0.1) is 4.77 Å². The molecular weight excluding hydrogens is 208 g/mol. The maximum atomic E-state index is 11.2. The van der Waals surface area contributed by atoms with E-state index in [0.717, 1.165) is 0 Å². The predicted molar refractivity (Wildman–Crippen MR) is 51.0 cm³/mol. The number of H-pyrrole nitrogens is 4. The molecule has 0 fully saturated rings. The second-order valence-corrected chi connectivity index (χ2v) is 2.97. The van der Waals surface area contributed by atoms with Gasteiger partial charge in [-0.3, -0.25) is 19.4 Å². The highest BCUT2D eigenvalue weighted by molar-refractivity contribution is 7.71. The van der Waals surface area contributed by atoms with E-state index in [1.54, 1.807) is 0 Å². The van der Waals surface area contributed by atoms with E-state index in [0.29, 0.717) is 0 Å². The van der Waals surface area contributed by atoms with Crippen LogP contribution in [0.25, 0.3) is 11.2 Å². The van der Waals surface area contributed by atoms with Crippen LogP contribution in [0.3, 0.4) is 0 Å². The summed E-state index contributed by atoms with van der Waals surface area (Å²) in [7, 11) is 0. The van der Waals surface area contributed by atoms with Gasteiger partial charge in [-0.25, -0.2) is 0 Å². The predicted octanol–water partition coefficient (Wildman–Crippen LogP) is -1.04. The summed E-state index contributed by atoms with van der Waals surface area (Å²) in [5.74, 6) is 0. The number of aromatic nitrogens is 4. The minimum Gasteiger partial charge on any atom is -0.317 e. The molecule has 0 radical (unpaired) electrons. The maximum Gasteiger partial charge on any atom is 0.315 e. The van der Waals surface area contributed by atoms with Crippen LogP contribution in [0.5, 0.6) is 0 Å². The van der Waals surface area contributed by atoms with Crippen molar-refractivity contribution >= 4 is 23.4 Å². The molecule has 0 bridgehead atoms. The van der Waals surface area contributed by atoms with Crippen molar-refractivity contribution in [2.45, 2.75) is 0 Å². The maximum absolute atomic E-state index is 11.2. The zero-order chi connectivity index (χ0) is 10.3. The van der Waals surface area contributed by atoms with E-state index >= 15 is 0 Å². The lowest BCUT2D eigenvalue weighted by atomic mass is 10.5. The van der Waals surface area contributed by atoms with Crippen LogP contribution in [0.1, 0.15) is 0 Å². The molecule has 4 N–H and O–H groups in total. The molecule has 0 saturated heterocycles. The number of fused-ring (bicyclic) bond motifs is 1. The molecule has 2 heterocycles. The second-order valence-electron chi connectivity index (χ2n) is 2.57. The minimum atomic E-state index is -0.881. The standard InChI is InChI=1S/C6H4N4O3S/c11-3-1-2(9-6(14)10-3)8-5(13)4(12)7-1/h(H,7,12)(H3,8,9,10,11,13,14). The third-order valence-corrected chi connectivity index (χ3v) is 1.83. The van der Waals surface area contributed by atoms with Gasteiger partial charge in [0.05, 0.1) is 0 Å². The average Bonchev–Trinajstić information content (AvgIpc) is 2.08. The summed E-state index contributed by atoms with van der Waals surface area (Å²) in [4.78, 5) is 42.1. The molecule has 0 spiro atoms. The van der Waals surface area contributed by atoms with E-state index in [-0.39, 0.29) is 15.9 Å². The third-order valence-electron chi connectivity index (χ3n) is 1.63. The summed E-state index contributed by atoms with van der Waals surface area (Å²) in [5.41, 5.74) is -2.22. The van der Waals surface area contributed by atoms with Gasteiger partial charge in [0.25, 0.3) is 5.56 Å². The molecule has 14 heavy (non-hydrogen) atoms. The van der Waals surface area contributed by atoms with E-state index in [1.807, 2.05) is 0 Å². The first kappa shape index (κ1) is 8.63. The molecule has 0 aliphatic heterocycles. The number of hydrogen-bond acceptors (Lipinski definition) is 4. The van der Waals surface area contributed by atoms with Gasteiger partial charge < -0.3 is 15.0 Å². The summed E-state index contributed by atoms with van der Waals surface area (Å²) in [5, 5.41) is 0. The Bertz CT molecular complexity index is 718. The molecule has 2 aromatic heterocycles. The molecule has 0 unspecified atom stereocenters. The fourth-order valence-corrected chi connectivity index (χ4v) is 1.23. The first-order chi connectivity index (χ1) is 6.58. The Kier molecular flexibility index (Phi) is 1.71. The van der Waals surface area contributed by atoms with Crippen LogP contribution in [-0.4, -0.2) is 19.9 Å². The van der Waals surface area contributed by atoms with Crippen LogP contribution >= 0.6 is 12.2 Å². The van der Waals surface area contributed by atoms with Crippen molar-refractivity contribution in [1.29, 1.82) is 0 Å². The number of aromatic amines is 4. The Balaban J connectivity index is 3.20. The van der Waals surface area contributed by atoms with Crippen molar-refractivity contribution in [2.24, 2.45) is 0 Å². The van der Waals surface area contributed by atoms with Gasteiger partial charge in [-0.15, -0.1) is 0 Å². The first-order valence-electron chi connectivity index (χ1n) is 3.57. The molecule has 2 rings (SSSR count). The monoisotopic (exact) mass is 212 g/mol. The summed E-state index contributed by atoms with van der Waals surface area (Å²) >= 11 is 4.68.